The molecule has 0 saturated carbocycles. The predicted molar refractivity (Wildman–Crippen MR) is 65.3 cm³/mol. The van der Waals surface area contributed by atoms with Crippen LogP contribution in [0.25, 0.3) is 6.08 Å². The van der Waals surface area contributed by atoms with Gasteiger partial charge in [-0.25, -0.2) is 0 Å². The van der Waals surface area contributed by atoms with Crippen LogP contribution in [0.1, 0.15) is 18.9 Å². The molecule has 0 fully saturated rings. The predicted octanol–water partition coefficient (Wildman–Crippen LogP) is 2.23. The summed E-state index contributed by atoms with van der Waals surface area (Å²) in [5.41, 5.74) is 0.979. The number of nitrogens with one attached hydrogen (secondary N) is 1. The first-order valence-corrected chi connectivity index (χ1v) is 5.36. The van der Waals surface area contributed by atoms with Crippen LogP contribution in [0.4, 0.5) is 0 Å². The van der Waals surface area contributed by atoms with E-state index in [1.165, 1.54) is 6.08 Å². The summed E-state index contributed by atoms with van der Waals surface area (Å²) in [5, 5.41) is 2.77. The van der Waals surface area contributed by atoms with Gasteiger partial charge in [0.25, 0.3) is 0 Å². The fraction of sp³-hybridized carbons (Fsp3) is 0.308. The molecule has 0 atom stereocenters. The molecule has 0 aliphatic rings. The molecule has 0 spiro atoms. The molecule has 0 aliphatic heterocycles. The van der Waals surface area contributed by atoms with Gasteiger partial charge >= 0.3 is 0 Å². The molecular formula is C13H17NO2. The van der Waals surface area contributed by atoms with E-state index in [9.17, 15) is 4.79 Å². The first-order valence-electron chi connectivity index (χ1n) is 5.36. The van der Waals surface area contributed by atoms with Crippen LogP contribution in [0.2, 0.25) is 0 Å². The molecule has 0 unspecified atom stereocenters. The van der Waals surface area contributed by atoms with Gasteiger partial charge in [0.15, 0.2) is 0 Å². The summed E-state index contributed by atoms with van der Waals surface area (Å²) in [6, 6.07) is 7.54. The summed E-state index contributed by atoms with van der Waals surface area (Å²) < 4.78 is 5.04. The summed E-state index contributed by atoms with van der Waals surface area (Å²) >= 11 is 0. The monoisotopic (exact) mass is 219 g/mol. The van der Waals surface area contributed by atoms with E-state index in [0.29, 0.717) is 6.54 Å². The Morgan fingerprint density at radius 2 is 2.06 bits per heavy atom. The third-order valence-corrected chi connectivity index (χ3v) is 2.09. The molecular weight excluding hydrogens is 202 g/mol. The standard InChI is InChI=1S/C13H17NO2/c1-3-10-14-13(15)9-6-11-4-7-12(16-2)8-5-11/h4-9H,3,10H2,1-2H3,(H,14,15)/b9-6+. The zero-order valence-electron chi connectivity index (χ0n) is 9.69. The van der Waals surface area contributed by atoms with Crippen LogP contribution >= 0.6 is 0 Å². The third-order valence-electron chi connectivity index (χ3n) is 2.09. The number of benzene rings is 1. The van der Waals surface area contributed by atoms with Crippen LogP contribution in [-0.4, -0.2) is 19.6 Å². The van der Waals surface area contributed by atoms with E-state index >= 15 is 0 Å². The van der Waals surface area contributed by atoms with Crippen molar-refractivity contribution in [3.8, 4) is 5.75 Å². The zero-order valence-corrected chi connectivity index (χ0v) is 9.69. The van der Waals surface area contributed by atoms with Gasteiger partial charge in [-0.3, -0.25) is 4.79 Å². The van der Waals surface area contributed by atoms with E-state index in [1.54, 1.807) is 13.2 Å². The number of amides is 1. The second-order valence-corrected chi connectivity index (χ2v) is 3.40. The summed E-state index contributed by atoms with van der Waals surface area (Å²) in [7, 11) is 1.63. The van der Waals surface area contributed by atoms with Crippen LogP contribution in [-0.2, 0) is 4.79 Å². The Morgan fingerprint density at radius 1 is 1.38 bits per heavy atom. The number of rotatable bonds is 5. The van der Waals surface area contributed by atoms with Crippen LogP contribution in [0.3, 0.4) is 0 Å². The molecule has 86 valence electrons. The summed E-state index contributed by atoms with van der Waals surface area (Å²) in [6.07, 6.45) is 4.27. The highest BCUT2D eigenvalue weighted by Gasteiger charge is 1.93. The topological polar surface area (TPSA) is 38.3 Å². The Morgan fingerprint density at radius 3 is 2.62 bits per heavy atom. The minimum atomic E-state index is -0.0577. The first-order chi connectivity index (χ1) is 7.76. The maximum atomic E-state index is 11.3. The number of methoxy groups -OCH3 is 1. The molecule has 0 heterocycles. The van der Waals surface area contributed by atoms with Crippen LogP contribution in [0.5, 0.6) is 5.75 Å². The van der Waals surface area contributed by atoms with Crippen molar-refractivity contribution < 1.29 is 9.53 Å². The van der Waals surface area contributed by atoms with Gasteiger partial charge in [0, 0.05) is 12.6 Å². The van der Waals surface area contributed by atoms with Crippen LogP contribution in [0, 0.1) is 0 Å². The highest BCUT2D eigenvalue weighted by atomic mass is 16.5. The van der Waals surface area contributed by atoms with E-state index in [0.717, 1.165) is 17.7 Å². The van der Waals surface area contributed by atoms with Gasteiger partial charge in [-0.05, 0) is 30.2 Å². The van der Waals surface area contributed by atoms with Crippen molar-refractivity contribution >= 4 is 12.0 Å². The van der Waals surface area contributed by atoms with Crippen LogP contribution < -0.4 is 10.1 Å². The van der Waals surface area contributed by atoms with Gasteiger partial charge in [0.05, 0.1) is 7.11 Å². The highest BCUT2D eigenvalue weighted by Crippen LogP contribution is 2.11. The maximum Gasteiger partial charge on any atom is 0.243 e. The number of carbonyl (C=O) groups is 1. The molecule has 0 bridgehead atoms. The van der Waals surface area contributed by atoms with Crippen molar-refractivity contribution in [3.63, 3.8) is 0 Å². The minimum Gasteiger partial charge on any atom is -0.497 e. The van der Waals surface area contributed by atoms with Crippen molar-refractivity contribution in [2.24, 2.45) is 0 Å². The Labute approximate surface area is 96.1 Å². The lowest BCUT2D eigenvalue weighted by Crippen LogP contribution is -2.21. The zero-order chi connectivity index (χ0) is 11.8. The van der Waals surface area contributed by atoms with Gasteiger partial charge in [-0.15, -0.1) is 0 Å². The van der Waals surface area contributed by atoms with E-state index in [1.807, 2.05) is 31.2 Å². The number of ether oxygens (including phenoxy) is 1. The molecule has 3 heteroatoms. The molecule has 1 amide bonds. The average Bonchev–Trinajstić information content (AvgIpc) is 2.34. The van der Waals surface area contributed by atoms with E-state index < -0.39 is 0 Å². The quantitative estimate of drug-likeness (QED) is 0.771. The van der Waals surface area contributed by atoms with Crippen molar-refractivity contribution in [3.05, 3.63) is 35.9 Å². The van der Waals surface area contributed by atoms with Crippen molar-refractivity contribution in [2.45, 2.75) is 13.3 Å². The lowest BCUT2D eigenvalue weighted by atomic mass is 10.2. The van der Waals surface area contributed by atoms with Gasteiger partial charge in [-0.1, -0.05) is 19.1 Å². The summed E-state index contributed by atoms with van der Waals surface area (Å²) in [4.78, 5) is 11.3. The second kappa shape index (κ2) is 6.67. The number of hydrogen-bond acceptors (Lipinski definition) is 2. The Kier molecular flexibility index (Phi) is 5.12. The smallest absolute Gasteiger partial charge is 0.243 e. The SMILES string of the molecule is CCCNC(=O)/C=C/c1ccc(OC)cc1. The third kappa shape index (κ3) is 4.17. The van der Waals surface area contributed by atoms with Gasteiger partial charge in [0.1, 0.15) is 5.75 Å². The fourth-order valence-electron chi connectivity index (χ4n) is 1.19. The lowest BCUT2D eigenvalue weighted by Gasteiger charge is -1.99. The molecule has 0 aliphatic carbocycles. The molecule has 0 aromatic heterocycles. The Hall–Kier alpha value is -1.77. The average molecular weight is 219 g/mol. The molecule has 0 radical (unpaired) electrons. The molecule has 0 saturated heterocycles. The van der Waals surface area contributed by atoms with E-state index in [2.05, 4.69) is 5.32 Å². The molecule has 16 heavy (non-hydrogen) atoms. The van der Waals surface area contributed by atoms with Crippen molar-refractivity contribution in [2.75, 3.05) is 13.7 Å². The van der Waals surface area contributed by atoms with Gasteiger partial charge in [0.2, 0.25) is 5.91 Å². The maximum absolute atomic E-state index is 11.3. The molecule has 3 nitrogen and oxygen atoms in total. The molecule has 1 rings (SSSR count). The second-order valence-electron chi connectivity index (χ2n) is 3.40. The number of hydrogen-bond donors (Lipinski definition) is 1. The van der Waals surface area contributed by atoms with E-state index in [-0.39, 0.29) is 5.91 Å². The largest absolute Gasteiger partial charge is 0.497 e. The molecule has 1 aromatic carbocycles. The van der Waals surface area contributed by atoms with E-state index in [4.69, 9.17) is 4.74 Å². The van der Waals surface area contributed by atoms with Crippen LogP contribution in [0.15, 0.2) is 30.3 Å². The molecule has 1 aromatic rings. The fourth-order valence-corrected chi connectivity index (χ4v) is 1.19. The summed E-state index contributed by atoms with van der Waals surface area (Å²) in [5.74, 6) is 0.755. The lowest BCUT2D eigenvalue weighted by molar-refractivity contribution is -0.116. The van der Waals surface area contributed by atoms with Gasteiger partial charge in [-0.2, -0.15) is 0 Å². The minimum absolute atomic E-state index is 0.0577. The van der Waals surface area contributed by atoms with Gasteiger partial charge < -0.3 is 10.1 Å². The Bertz CT molecular complexity index is 355. The summed E-state index contributed by atoms with van der Waals surface area (Å²) in [6.45, 7) is 2.74. The van der Waals surface area contributed by atoms with Crippen molar-refractivity contribution in [1.82, 2.24) is 5.32 Å². The first kappa shape index (κ1) is 12.3. The normalized spacial score (nSPS) is 10.4. The van der Waals surface area contributed by atoms with Crippen molar-refractivity contribution in [1.29, 1.82) is 0 Å². The Balaban J connectivity index is 2.52. The highest BCUT2D eigenvalue weighted by molar-refractivity contribution is 5.91. The molecule has 1 N–H and O–H groups in total. The number of carbonyl (C=O) groups excluding carboxylic acids is 1.